The van der Waals surface area contributed by atoms with E-state index in [0.717, 1.165) is 0 Å². The van der Waals surface area contributed by atoms with Gasteiger partial charge in [0.05, 0.1) is 10.6 Å². The fourth-order valence-electron chi connectivity index (χ4n) is 0.909. The van der Waals surface area contributed by atoms with Gasteiger partial charge >= 0.3 is 5.97 Å². The largest absolute Gasteiger partial charge is 0.478 e. The van der Waals surface area contributed by atoms with E-state index in [0.29, 0.717) is 5.69 Å². The monoisotopic (exact) mass is 230 g/mol. The minimum atomic E-state index is -1.10. The van der Waals surface area contributed by atoms with Gasteiger partial charge in [0.2, 0.25) is 0 Å². The van der Waals surface area contributed by atoms with Crippen molar-refractivity contribution in [2.45, 2.75) is 0 Å². The number of hydrogen-bond donors (Lipinski definition) is 3. The Bertz CT molecular complexity index is 395. The van der Waals surface area contributed by atoms with Crippen molar-refractivity contribution in [1.82, 2.24) is 0 Å². The van der Waals surface area contributed by atoms with Crippen molar-refractivity contribution in [2.24, 2.45) is 5.73 Å². The summed E-state index contributed by atoms with van der Waals surface area (Å²) in [5, 5.41) is 11.6. The molecule has 4 nitrogen and oxygen atoms in total. The number of thiocarbonyl (C=S) groups is 1. The molecule has 0 aliphatic rings. The summed E-state index contributed by atoms with van der Waals surface area (Å²) in [5.41, 5.74) is 5.74. The summed E-state index contributed by atoms with van der Waals surface area (Å²) in [7, 11) is 0. The molecule has 0 radical (unpaired) electrons. The first-order valence-electron chi connectivity index (χ1n) is 3.60. The third kappa shape index (κ3) is 2.58. The Hall–Kier alpha value is -1.33. The van der Waals surface area contributed by atoms with E-state index < -0.39 is 5.97 Å². The summed E-state index contributed by atoms with van der Waals surface area (Å²) in [6, 6.07) is 4.42. The van der Waals surface area contributed by atoms with Crippen molar-refractivity contribution in [3.63, 3.8) is 0 Å². The van der Waals surface area contributed by atoms with Crippen LogP contribution >= 0.6 is 23.8 Å². The highest BCUT2D eigenvalue weighted by atomic mass is 35.5. The molecule has 14 heavy (non-hydrogen) atoms. The Balaban J connectivity index is 3.06. The molecule has 0 atom stereocenters. The molecule has 0 amide bonds. The van der Waals surface area contributed by atoms with Crippen LogP contribution in [0.25, 0.3) is 0 Å². The molecule has 0 aliphatic heterocycles. The Morgan fingerprint density at radius 1 is 1.57 bits per heavy atom. The second kappa shape index (κ2) is 4.26. The highest BCUT2D eigenvalue weighted by Gasteiger charge is 2.09. The average Bonchev–Trinajstić information content (AvgIpc) is 2.07. The third-order valence-electron chi connectivity index (χ3n) is 1.46. The fraction of sp³-hybridized carbons (Fsp3) is 0. The van der Waals surface area contributed by atoms with Crippen LogP contribution in [0.15, 0.2) is 18.2 Å². The van der Waals surface area contributed by atoms with Crippen LogP contribution in [0.3, 0.4) is 0 Å². The van der Waals surface area contributed by atoms with Crippen molar-refractivity contribution < 1.29 is 9.90 Å². The van der Waals surface area contributed by atoms with E-state index >= 15 is 0 Å². The predicted molar refractivity (Wildman–Crippen MR) is 58.8 cm³/mol. The van der Waals surface area contributed by atoms with Crippen LogP contribution in [0, 0.1) is 0 Å². The first kappa shape index (κ1) is 10.7. The second-order valence-electron chi connectivity index (χ2n) is 2.49. The highest BCUT2D eigenvalue weighted by Crippen LogP contribution is 2.20. The van der Waals surface area contributed by atoms with Crippen molar-refractivity contribution in [3.05, 3.63) is 28.8 Å². The van der Waals surface area contributed by atoms with Gasteiger partial charge in [0.25, 0.3) is 0 Å². The number of halogens is 1. The Kier molecular flexibility index (Phi) is 3.27. The smallest absolute Gasteiger partial charge is 0.337 e. The summed E-state index contributed by atoms with van der Waals surface area (Å²) in [4.78, 5) is 10.7. The predicted octanol–water partition coefficient (Wildman–Crippen LogP) is 1.69. The maximum absolute atomic E-state index is 10.7. The fourth-order valence-corrected chi connectivity index (χ4v) is 1.23. The number of nitrogens with two attached hydrogens (primary N) is 1. The first-order chi connectivity index (χ1) is 6.50. The zero-order valence-electron chi connectivity index (χ0n) is 6.95. The van der Waals surface area contributed by atoms with Crippen molar-refractivity contribution in [2.75, 3.05) is 5.32 Å². The zero-order chi connectivity index (χ0) is 10.7. The Morgan fingerprint density at radius 2 is 2.21 bits per heavy atom. The molecule has 0 saturated carbocycles. The van der Waals surface area contributed by atoms with Crippen LogP contribution in [0.5, 0.6) is 0 Å². The number of rotatable bonds is 2. The number of aromatic carboxylic acids is 1. The lowest BCUT2D eigenvalue weighted by Gasteiger charge is -2.05. The van der Waals surface area contributed by atoms with E-state index in [2.05, 4.69) is 17.5 Å². The lowest BCUT2D eigenvalue weighted by molar-refractivity contribution is 0.0697. The number of benzene rings is 1. The molecule has 0 bridgehead atoms. The number of anilines is 1. The molecule has 0 fully saturated rings. The minimum Gasteiger partial charge on any atom is -0.478 e. The van der Waals surface area contributed by atoms with E-state index in [4.69, 9.17) is 22.4 Å². The molecule has 0 unspecified atom stereocenters. The maximum Gasteiger partial charge on any atom is 0.337 e. The molecule has 74 valence electrons. The molecular weight excluding hydrogens is 224 g/mol. The van der Waals surface area contributed by atoms with Gasteiger partial charge < -0.3 is 16.2 Å². The summed E-state index contributed by atoms with van der Waals surface area (Å²) >= 11 is 10.3. The Labute approximate surface area is 90.7 Å². The van der Waals surface area contributed by atoms with E-state index in [9.17, 15) is 4.79 Å². The van der Waals surface area contributed by atoms with E-state index in [1.54, 1.807) is 6.07 Å². The maximum atomic E-state index is 10.7. The third-order valence-corrected chi connectivity index (χ3v) is 1.90. The number of carboxylic acids is 1. The van der Waals surface area contributed by atoms with Crippen molar-refractivity contribution in [1.29, 1.82) is 0 Å². The number of carboxylic acid groups (broad SMARTS) is 1. The van der Waals surface area contributed by atoms with Gasteiger partial charge in [-0.1, -0.05) is 11.6 Å². The van der Waals surface area contributed by atoms with Crippen LogP contribution in [0.4, 0.5) is 5.69 Å². The lowest BCUT2D eigenvalue weighted by Crippen LogP contribution is -2.19. The van der Waals surface area contributed by atoms with E-state index in [1.165, 1.54) is 12.1 Å². The highest BCUT2D eigenvalue weighted by molar-refractivity contribution is 7.80. The van der Waals surface area contributed by atoms with Gasteiger partial charge in [-0.15, -0.1) is 0 Å². The molecular formula is C8H7ClN2O2S. The molecule has 1 aromatic carbocycles. The van der Waals surface area contributed by atoms with Gasteiger partial charge in [0.1, 0.15) is 0 Å². The molecule has 4 N–H and O–H groups in total. The topological polar surface area (TPSA) is 75.3 Å². The normalized spacial score (nSPS) is 9.50. The minimum absolute atomic E-state index is 0.00733. The number of carbonyl (C=O) groups is 1. The van der Waals surface area contributed by atoms with Gasteiger partial charge in [-0.25, -0.2) is 4.79 Å². The molecule has 1 rings (SSSR count). The molecule has 1 aromatic rings. The quantitative estimate of drug-likeness (QED) is 0.675. The van der Waals surface area contributed by atoms with Crippen LogP contribution < -0.4 is 11.1 Å². The molecule has 0 aliphatic carbocycles. The standard InChI is InChI=1S/C8H7ClN2O2S/c9-6-2-1-4(11-8(10)14)3-5(6)7(12)13/h1-3H,(H,12,13)(H3,10,11,14). The van der Waals surface area contributed by atoms with Crippen molar-refractivity contribution >= 4 is 40.6 Å². The average molecular weight is 231 g/mol. The summed E-state index contributed by atoms with van der Waals surface area (Å²) in [6.07, 6.45) is 0. The molecule has 0 spiro atoms. The zero-order valence-corrected chi connectivity index (χ0v) is 8.52. The van der Waals surface area contributed by atoms with Gasteiger partial charge in [-0.2, -0.15) is 0 Å². The number of hydrogen-bond acceptors (Lipinski definition) is 2. The van der Waals surface area contributed by atoms with Gasteiger partial charge in [-0.3, -0.25) is 0 Å². The van der Waals surface area contributed by atoms with E-state index in [1.807, 2.05) is 0 Å². The lowest BCUT2D eigenvalue weighted by atomic mass is 10.2. The molecule has 0 aromatic heterocycles. The summed E-state index contributed by atoms with van der Waals surface area (Å²) in [6.45, 7) is 0. The van der Waals surface area contributed by atoms with Gasteiger partial charge in [0, 0.05) is 5.69 Å². The van der Waals surface area contributed by atoms with Crippen molar-refractivity contribution in [3.8, 4) is 0 Å². The van der Waals surface area contributed by atoms with E-state index in [-0.39, 0.29) is 15.7 Å². The second-order valence-corrected chi connectivity index (χ2v) is 3.34. The summed E-state index contributed by atoms with van der Waals surface area (Å²) < 4.78 is 0. The first-order valence-corrected chi connectivity index (χ1v) is 4.38. The van der Waals surface area contributed by atoms with Gasteiger partial charge in [0.15, 0.2) is 5.11 Å². The molecule has 0 saturated heterocycles. The van der Waals surface area contributed by atoms with Crippen LogP contribution in [-0.2, 0) is 0 Å². The summed E-state index contributed by atoms with van der Waals surface area (Å²) in [5.74, 6) is -1.10. The van der Waals surface area contributed by atoms with Gasteiger partial charge in [-0.05, 0) is 30.4 Å². The Morgan fingerprint density at radius 3 is 2.71 bits per heavy atom. The molecule has 0 heterocycles. The molecule has 6 heteroatoms. The van der Waals surface area contributed by atoms with Crippen LogP contribution in [0.1, 0.15) is 10.4 Å². The van der Waals surface area contributed by atoms with Crippen LogP contribution in [-0.4, -0.2) is 16.2 Å². The SMILES string of the molecule is NC(=S)Nc1ccc(Cl)c(C(=O)O)c1. The number of nitrogens with one attached hydrogen (secondary N) is 1. The van der Waals surface area contributed by atoms with Crippen LogP contribution in [0.2, 0.25) is 5.02 Å².